The Labute approximate surface area is 87.6 Å². The van der Waals surface area contributed by atoms with Gasteiger partial charge in [0.05, 0.1) is 11.3 Å². The minimum atomic E-state index is -0.591. The van der Waals surface area contributed by atoms with Crippen molar-refractivity contribution in [2.75, 3.05) is 14.2 Å². The standard InChI is InChI=1S/C10H13NO4/c1-5-8(12)7-6(4-11-5)9(13-2)15-10(7)14-3/h4,9-10,12H,1-3H3. The van der Waals surface area contributed by atoms with Crippen LogP contribution in [0.4, 0.5) is 0 Å². The largest absolute Gasteiger partial charge is 0.506 e. The van der Waals surface area contributed by atoms with Crippen molar-refractivity contribution in [2.45, 2.75) is 19.5 Å². The maximum atomic E-state index is 9.86. The van der Waals surface area contributed by atoms with Gasteiger partial charge in [-0.05, 0) is 6.92 Å². The molecule has 2 rings (SSSR count). The minimum Gasteiger partial charge on any atom is -0.506 e. The highest BCUT2D eigenvalue weighted by molar-refractivity contribution is 5.44. The van der Waals surface area contributed by atoms with Crippen LogP contribution < -0.4 is 0 Å². The Bertz CT molecular complexity index is 380. The van der Waals surface area contributed by atoms with Gasteiger partial charge in [-0.3, -0.25) is 4.98 Å². The summed E-state index contributed by atoms with van der Waals surface area (Å²) in [5, 5.41) is 9.86. The Hall–Kier alpha value is -1.17. The van der Waals surface area contributed by atoms with Gasteiger partial charge in [0, 0.05) is 26.0 Å². The number of pyridine rings is 1. The van der Waals surface area contributed by atoms with Crippen LogP contribution in [0.1, 0.15) is 29.4 Å². The number of aryl methyl sites for hydroxylation is 1. The van der Waals surface area contributed by atoms with Crippen molar-refractivity contribution in [1.29, 1.82) is 0 Å². The van der Waals surface area contributed by atoms with Gasteiger partial charge in [-0.2, -0.15) is 0 Å². The van der Waals surface area contributed by atoms with Gasteiger partial charge in [0.15, 0.2) is 12.6 Å². The van der Waals surface area contributed by atoms with Crippen LogP contribution in [0.25, 0.3) is 0 Å². The second kappa shape index (κ2) is 3.77. The van der Waals surface area contributed by atoms with Gasteiger partial charge < -0.3 is 19.3 Å². The molecule has 0 aliphatic carbocycles. The van der Waals surface area contributed by atoms with Crippen LogP contribution in [-0.4, -0.2) is 24.3 Å². The summed E-state index contributed by atoms with van der Waals surface area (Å²) in [6.07, 6.45) is 0.521. The van der Waals surface area contributed by atoms with E-state index < -0.39 is 12.6 Å². The van der Waals surface area contributed by atoms with Crippen LogP contribution >= 0.6 is 0 Å². The van der Waals surface area contributed by atoms with Gasteiger partial charge >= 0.3 is 0 Å². The van der Waals surface area contributed by atoms with Crippen molar-refractivity contribution in [3.63, 3.8) is 0 Å². The van der Waals surface area contributed by atoms with E-state index in [9.17, 15) is 5.11 Å². The molecule has 1 aromatic heterocycles. The van der Waals surface area contributed by atoms with Gasteiger partial charge in [0.25, 0.3) is 0 Å². The summed E-state index contributed by atoms with van der Waals surface area (Å²) in [7, 11) is 3.05. The van der Waals surface area contributed by atoms with E-state index in [0.29, 0.717) is 16.8 Å². The van der Waals surface area contributed by atoms with Gasteiger partial charge in [0.2, 0.25) is 0 Å². The van der Waals surface area contributed by atoms with Gasteiger partial charge in [-0.1, -0.05) is 0 Å². The highest BCUT2D eigenvalue weighted by Gasteiger charge is 2.35. The minimum absolute atomic E-state index is 0.110. The van der Waals surface area contributed by atoms with Crippen LogP contribution in [0.15, 0.2) is 6.20 Å². The first-order valence-electron chi connectivity index (χ1n) is 4.58. The zero-order valence-corrected chi connectivity index (χ0v) is 8.85. The molecule has 2 unspecified atom stereocenters. The molecular weight excluding hydrogens is 198 g/mol. The average molecular weight is 211 g/mol. The predicted molar refractivity (Wildman–Crippen MR) is 51.2 cm³/mol. The van der Waals surface area contributed by atoms with Crippen molar-refractivity contribution in [2.24, 2.45) is 0 Å². The molecule has 0 aromatic carbocycles. The smallest absolute Gasteiger partial charge is 0.191 e. The first kappa shape index (κ1) is 10.4. The van der Waals surface area contributed by atoms with Crippen LogP contribution in [0.3, 0.4) is 0 Å². The molecule has 15 heavy (non-hydrogen) atoms. The molecule has 0 saturated heterocycles. The van der Waals surface area contributed by atoms with Gasteiger partial charge in [-0.25, -0.2) is 0 Å². The fourth-order valence-electron chi connectivity index (χ4n) is 1.67. The van der Waals surface area contributed by atoms with E-state index in [2.05, 4.69) is 4.98 Å². The zero-order valence-electron chi connectivity index (χ0n) is 8.85. The number of hydrogen-bond donors (Lipinski definition) is 1. The van der Waals surface area contributed by atoms with E-state index in [1.807, 2.05) is 0 Å². The topological polar surface area (TPSA) is 60.8 Å². The Morgan fingerprint density at radius 1 is 1.33 bits per heavy atom. The third-order valence-electron chi connectivity index (χ3n) is 2.47. The molecular formula is C10H13NO4. The molecule has 0 radical (unpaired) electrons. The monoisotopic (exact) mass is 211 g/mol. The van der Waals surface area contributed by atoms with Crippen molar-refractivity contribution < 1.29 is 19.3 Å². The molecule has 2 heterocycles. The lowest BCUT2D eigenvalue weighted by Gasteiger charge is -2.11. The SMILES string of the molecule is COC1OC(OC)c2c1cnc(C)c2O. The van der Waals surface area contributed by atoms with E-state index >= 15 is 0 Å². The summed E-state index contributed by atoms with van der Waals surface area (Å²) in [4.78, 5) is 4.05. The lowest BCUT2D eigenvalue weighted by atomic mass is 10.1. The third-order valence-corrected chi connectivity index (χ3v) is 2.47. The van der Waals surface area contributed by atoms with E-state index in [4.69, 9.17) is 14.2 Å². The lowest BCUT2D eigenvalue weighted by Crippen LogP contribution is -2.01. The summed E-state index contributed by atoms with van der Waals surface area (Å²) in [5.74, 6) is 0.110. The number of hydrogen-bond acceptors (Lipinski definition) is 5. The fraction of sp³-hybridized carbons (Fsp3) is 0.500. The average Bonchev–Trinajstić information content (AvgIpc) is 2.62. The normalized spacial score (nSPS) is 24.2. The zero-order chi connectivity index (χ0) is 11.0. The number of methoxy groups -OCH3 is 2. The Balaban J connectivity index is 2.53. The fourth-order valence-corrected chi connectivity index (χ4v) is 1.67. The highest BCUT2D eigenvalue weighted by atomic mass is 16.8. The summed E-state index contributed by atoms with van der Waals surface area (Å²) >= 11 is 0. The third kappa shape index (κ3) is 1.49. The molecule has 2 atom stereocenters. The molecule has 5 nitrogen and oxygen atoms in total. The lowest BCUT2D eigenvalue weighted by molar-refractivity contribution is -0.217. The van der Waals surface area contributed by atoms with Crippen LogP contribution in [0.5, 0.6) is 5.75 Å². The molecule has 1 aliphatic rings. The summed E-state index contributed by atoms with van der Waals surface area (Å²) in [6.45, 7) is 1.72. The van der Waals surface area contributed by atoms with E-state index in [0.717, 1.165) is 0 Å². The maximum Gasteiger partial charge on any atom is 0.191 e. The Morgan fingerprint density at radius 3 is 2.60 bits per heavy atom. The second-order valence-corrected chi connectivity index (χ2v) is 3.33. The highest BCUT2D eigenvalue weighted by Crippen LogP contribution is 2.44. The van der Waals surface area contributed by atoms with Crippen LogP contribution in [0, 0.1) is 6.92 Å². The quantitative estimate of drug-likeness (QED) is 0.801. The molecule has 1 aromatic rings. The summed E-state index contributed by atoms with van der Waals surface area (Å²) in [5.41, 5.74) is 1.88. The molecule has 0 amide bonds. The molecule has 5 heteroatoms. The first-order chi connectivity index (χ1) is 7.19. The van der Waals surface area contributed by atoms with E-state index in [1.165, 1.54) is 14.2 Å². The molecule has 1 aliphatic heterocycles. The molecule has 0 fully saturated rings. The number of ether oxygens (including phenoxy) is 3. The molecule has 0 saturated carbocycles. The first-order valence-corrected chi connectivity index (χ1v) is 4.58. The van der Waals surface area contributed by atoms with Crippen LogP contribution in [0.2, 0.25) is 0 Å². The van der Waals surface area contributed by atoms with Crippen LogP contribution in [-0.2, 0) is 14.2 Å². The molecule has 82 valence electrons. The van der Waals surface area contributed by atoms with Crippen molar-refractivity contribution in [3.05, 3.63) is 23.0 Å². The molecule has 1 N–H and O–H groups in total. The van der Waals surface area contributed by atoms with Crippen molar-refractivity contribution >= 4 is 0 Å². The van der Waals surface area contributed by atoms with Crippen molar-refractivity contribution in [3.8, 4) is 5.75 Å². The Kier molecular flexibility index (Phi) is 2.60. The molecule has 0 spiro atoms. The van der Waals surface area contributed by atoms with E-state index in [-0.39, 0.29) is 5.75 Å². The summed E-state index contributed by atoms with van der Waals surface area (Å²) in [6, 6.07) is 0. The maximum absolute atomic E-state index is 9.86. The molecule has 0 bridgehead atoms. The number of aromatic hydroxyl groups is 1. The predicted octanol–water partition coefficient (Wildman–Crippen LogP) is 1.42. The second-order valence-electron chi connectivity index (χ2n) is 3.33. The van der Waals surface area contributed by atoms with E-state index in [1.54, 1.807) is 13.1 Å². The van der Waals surface area contributed by atoms with Crippen molar-refractivity contribution in [1.82, 2.24) is 4.98 Å². The van der Waals surface area contributed by atoms with Gasteiger partial charge in [-0.15, -0.1) is 0 Å². The Morgan fingerprint density at radius 2 is 2.00 bits per heavy atom. The number of nitrogens with zero attached hydrogens (tertiary/aromatic N) is 1. The number of fused-ring (bicyclic) bond motifs is 1. The summed E-state index contributed by atoms with van der Waals surface area (Å²) < 4.78 is 15.6. The van der Waals surface area contributed by atoms with Gasteiger partial charge in [0.1, 0.15) is 5.75 Å². The number of aromatic nitrogens is 1. The number of rotatable bonds is 2.